The maximum Gasteiger partial charge on any atom is 0.278 e. The van der Waals surface area contributed by atoms with Crippen LogP contribution in [0.25, 0.3) is 21.9 Å². The monoisotopic (exact) mass is 480 g/mol. The Bertz CT molecular complexity index is 1420. The molecule has 178 valence electrons. The minimum absolute atomic E-state index is 0.0141. The maximum atomic E-state index is 13.0. The quantitative estimate of drug-likeness (QED) is 0.230. The number of amides is 1. The summed E-state index contributed by atoms with van der Waals surface area (Å²) in [6.07, 6.45) is 2.76. The Hall–Kier alpha value is -3.59. The molecule has 0 aliphatic carbocycles. The Morgan fingerprint density at radius 2 is 1.71 bits per heavy atom. The highest BCUT2D eigenvalue weighted by molar-refractivity contribution is 7.71. The molecule has 2 aromatic heterocycles. The highest BCUT2D eigenvalue weighted by atomic mass is 32.1. The van der Waals surface area contributed by atoms with Crippen molar-refractivity contribution in [2.45, 2.75) is 38.8 Å². The largest absolute Gasteiger partial charge is 0.497 e. The molecule has 0 aliphatic rings. The van der Waals surface area contributed by atoms with Gasteiger partial charge in [-0.25, -0.2) is 0 Å². The summed E-state index contributed by atoms with van der Waals surface area (Å²) in [5, 5.41) is 3.80. The van der Waals surface area contributed by atoms with Gasteiger partial charge >= 0.3 is 0 Å². The molecule has 0 unspecified atom stereocenters. The number of aromatic amines is 2. The summed E-state index contributed by atoms with van der Waals surface area (Å²) in [5.41, 5.74) is 2.90. The van der Waals surface area contributed by atoms with Crippen molar-refractivity contribution in [2.75, 3.05) is 14.2 Å². The van der Waals surface area contributed by atoms with Crippen LogP contribution in [0, 0.1) is 4.77 Å². The number of methoxy groups -OCH3 is 2. The topological polar surface area (TPSA) is 101 Å². The van der Waals surface area contributed by atoms with Crippen molar-refractivity contribution in [1.29, 1.82) is 0 Å². The standard InChI is InChI=1S/C25H28N4O4S/c1-32-17-9-7-16(8-10-17)15-26-21(30)6-4-3-5-13-29-24(31)23-22(28-25(29)34)19-14-18(33-2)11-12-20(19)27-23/h7-12,14,27H,3-6,13,15H2,1-2H3,(H,26,30)(H,28,34). The van der Waals surface area contributed by atoms with E-state index in [1.807, 2.05) is 42.5 Å². The van der Waals surface area contributed by atoms with Gasteiger partial charge in [-0.2, -0.15) is 0 Å². The third-order valence-corrected chi connectivity index (χ3v) is 6.20. The second-order valence-electron chi connectivity index (χ2n) is 8.11. The number of aromatic nitrogens is 3. The molecule has 34 heavy (non-hydrogen) atoms. The number of nitrogens with one attached hydrogen (secondary N) is 3. The summed E-state index contributed by atoms with van der Waals surface area (Å²) in [5.74, 6) is 1.52. The average Bonchev–Trinajstić information content (AvgIpc) is 3.22. The molecule has 0 saturated heterocycles. The van der Waals surface area contributed by atoms with Gasteiger partial charge < -0.3 is 24.8 Å². The van der Waals surface area contributed by atoms with E-state index >= 15 is 0 Å². The first kappa shape index (κ1) is 23.6. The SMILES string of the molecule is COc1ccc(CNC(=O)CCCCCn2c(=S)[nH]c3c([nH]c4ccc(OC)cc43)c2=O)cc1. The lowest BCUT2D eigenvalue weighted by Crippen LogP contribution is -2.23. The van der Waals surface area contributed by atoms with Gasteiger partial charge in [-0.15, -0.1) is 0 Å². The molecule has 0 radical (unpaired) electrons. The van der Waals surface area contributed by atoms with Gasteiger partial charge in [0.2, 0.25) is 5.91 Å². The molecule has 4 aromatic rings. The third-order valence-electron chi connectivity index (χ3n) is 5.88. The van der Waals surface area contributed by atoms with E-state index in [2.05, 4.69) is 15.3 Å². The molecule has 0 atom stereocenters. The zero-order valence-electron chi connectivity index (χ0n) is 19.3. The average molecular weight is 481 g/mol. The Labute approximate surface area is 201 Å². The van der Waals surface area contributed by atoms with Crippen LogP contribution in [0.1, 0.15) is 31.2 Å². The number of H-pyrrole nitrogens is 2. The van der Waals surface area contributed by atoms with Crippen LogP contribution in [0.2, 0.25) is 0 Å². The Morgan fingerprint density at radius 3 is 2.44 bits per heavy atom. The summed E-state index contributed by atoms with van der Waals surface area (Å²) < 4.78 is 12.4. The van der Waals surface area contributed by atoms with E-state index in [0.717, 1.165) is 41.5 Å². The first-order valence-corrected chi connectivity index (χ1v) is 11.6. The number of hydrogen-bond donors (Lipinski definition) is 3. The smallest absolute Gasteiger partial charge is 0.278 e. The predicted molar refractivity (Wildman–Crippen MR) is 135 cm³/mol. The van der Waals surface area contributed by atoms with E-state index in [1.54, 1.807) is 18.8 Å². The third kappa shape index (κ3) is 5.14. The molecule has 3 N–H and O–H groups in total. The number of benzene rings is 2. The first-order chi connectivity index (χ1) is 16.5. The molecule has 2 heterocycles. The van der Waals surface area contributed by atoms with Crippen molar-refractivity contribution in [1.82, 2.24) is 19.9 Å². The second kappa shape index (κ2) is 10.6. The van der Waals surface area contributed by atoms with E-state index in [1.165, 1.54) is 0 Å². The summed E-state index contributed by atoms with van der Waals surface area (Å²) in [7, 11) is 3.23. The molecule has 0 spiro atoms. The molecule has 4 rings (SSSR count). The lowest BCUT2D eigenvalue weighted by molar-refractivity contribution is -0.121. The second-order valence-corrected chi connectivity index (χ2v) is 8.50. The van der Waals surface area contributed by atoms with Crippen LogP contribution in [0.3, 0.4) is 0 Å². The molecule has 9 heteroatoms. The highest BCUT2D eigenvalue weighted by Gasteiger charge is 2.12. The molecule has 0 bridgehead atoms. The number of nitrogens with zero attached hydrogens (tertiary/aromatic N) is 1. The Morgan fingerprint density at radius 1 is 0.971 bits per heavy atom. The molecule has 2 aromatic carbocycles. The fourth-order valence-electron chi connectivity index (χ4n) is 3.96. The number of hydrogen-bond acceptors (Lipinski definition) is 5. The van der Waals surface area contributed by atoms with Gasteiger partial charge in [0.15, 0.2) is 4.77 Å². The van der Waals surface area contributed by atoms with Gasteiger partial charge in [0.05, 0.1) is 19.7 Å². The minimum Gasteiger partial charge on any atom is -0.497 e. The van der Waals surface area contributed by atoms with Crippen molar-refractivity contribution in [3.8, 4) is 11.5 Å². The van der Waals surface area contributed by atoms with Crippen molar-refractivity contribution < 1.29 is 14.3 Å². The molecule has 0 fully saturated rings. The van der Waals surface area contributed by atoms with E-state index < -0.39 is 0 Å². The highest BCUT2D eigenvalue weighted by Crippen LogP contribution is 2.25. The van der Waals surface area contributed by atoms with Gasteiger partial charge in [-0.05, 0) is 61.0 Å². The van der Waals surface area contributed by atoms with Crippen molar-refractivity contribution in [3.05, 3.63) is 63.2 Å². The fraction of sp³-hybridized carbons (Fsp3) is 0.320. The fourth-order valence-corrected chi connectivity index (χ4v) is 4.23. The number of carbonyl (C=O) groups excluding carboxylic acids is 1. The van der Waals surface area contributed by atoms with Crippen LogP contribution < -0.4 is 20.3 Å². The van der Waals surface area contributed by atoms with Crippen LogP contribution in [-0.2, 0) is 17.9 Å². The van der Waals surface area contributed by atoms with Crippen LogP contribution in [-0.4, -0.2) is 34.7 Å². The van der Waals surface area contributed by atoms with Crippen molar-refractivity contribution in [2.24, 2.45) is 0 Å². The predicted octanol–water partition coefficient (Wildman–Crippen LogP) is 4.43. The number of ether oxygens (including phenoxy) is 2. The van der Waals surface area contributed by atoms with Gasteiger partial charge in [0, 0.05) is 30.4 Å². The maximum absolute atomic E-state index is 13.0. The number of fused-ring (bicyclic) bond motifs is 3. The summed E-state index contributed by atoms with van der Waals surface area (Å²) in [6, 6.07) is 13.2. The molecular weight excluding hydrogens is 452 g/mol. The van der Waals surface area contributed by atoms with Crippen LogP contribution >= 0.6 is 12.2 Å². The van der Waals surface area contributed by atoms with Crippen molar-refractivity contribution >= 4 is 40.1 Å². The zero-order valence-corrected chi connectivity index (χ0v) is 20.1. The lowest BCUT2D eigenvalue weighted by Gasteiger charge is -2.08. The first-order valence-electron chi connectivity index (χ1n) is 11.2. The van der Waals surface area contributed by atoms with Crippen LogP contribution in [0.5, 0.6) is 11.5 Å². The van der Waals surface area contributed by atoms with Gasteiger partial charge in [0.1, 0.15) is 17.0 Å². The van der Waals surface area contributed by atoms with Crippen LogP contribution in [0.4, 0.5) is 0 Å². The van der Waals surface area contributed by atoms with E-state index in [4.69, 9.17) is 21.7 Å². The minimum atomic E-state index is -0.147. The number of rotatable bonds is 10. The van der Waals surface area contributed by atoms with Gasteiger partial charge in [-0.1, -0.05) is 18.6 Å². The number of carbonyl (C=O) groups is 1. The molecule has 0 saturated carbocycles. The zero-order chi connectivity index (χ0) is 24.1. The summed E-state index contributed by atoms with van der Waals surface area (Å²) >= 11 is 5.46. The summed E-state index contributed by atoms with van der Waals surface area (Å²) in [6.45, 7) is 0.986. The lowest BCUT2D eigenvalue weighted by atomic mass is 10.1. The number of unbranched alkanes of at least 4 members (excludes halogenated alkanes) is 2. The molecule has 1 amide bonds. The van der Waals surface area contributed by atoms with Crippen molar-refractivity contribution in [3.63, 3.8) is 0 Å². The Kier molecular flexibility index (Phi) is 7.32. The van der Waals surface area contributed by atoms with Gasteiger partial charge in [-0.3, -0.25) is 14.2 Å². The molecule has 0 aliphatic heterocycles. The van der Waals surface area contributed by atoms with E-state index in [9.17, 15) is 9.59 Å². The van der Waals surface area contributed by atoms with Crippen LogP contribution in [0.15, 0.2) is 47.3 Å². The van der Waals surface area contributed by atoms with Gasteiger partial charge in [0.25, 0.3) is 5.56 Å². The molecule has 8 nitrogen and oxygen atoms in total. The molecular formula is C25H28N4O4S. The van der Waals surface area contributed by atoms with E-state index in [0.29, 0.717) is 41.1 Å². The summed E-state index contributed by atoms with van der Waals surface area (Å²) in [4.78, 5) is 31.6. The van der Waals surface area contributed by atoms with E-state index in [-0.39, 0.29) is 11.5 Å². The normalized spacial score (nSPS) is 11.1. The Balaban J connectivity index is 1.30.